The molecule has 3 heterocycles. The summed E-state index contributed by atoms with van der Waals surface area (Å²) >= 11 is 1.47. The van der Waals surface area contributed by atoms with Gasteiger partial charge in [0.15, 0.2) is 0 Å². The van der Waals surface area contributed by atoms with Gasteiger partial charge in [-0.15, -0.1) is 11.3 Å². The highest BCUT2D eigenvalue weighted by Gasteiger charge is 2.39. The molecule has 31 heavy (non-hydrogen) atoms. The largest absolute Gasteiger partial charge is 0.379 e. The van der Waals surface area contributed by atoms with E-state index in [1.807, 2.05) is 60.8 Å². The van der Waals surface area contributed by atoms with Gasteiger partial charge in [-0.2, -0.15) is 0 Å². The number of carbonyl (C=O) groups is 2. The first-order valence-electron chi connectivity index (χ1n) is 10.5. The second-order valence-corrected chi connectivity index (χ2v) is 8.81. The summed E-state index contributed by atoms with van der Waals surface area (Å²) in [6.07, 6.45) is 0.750. The van der Waals surface area contributed by atoms with E-state index >= 15 is 0 Å². The van der Waals surface area contributed by atoms with Crippen molar-refractivity contribution in [3.63, 3.8) is 0 Å². The number of nitrogens with one attached hydrogen (secondary N) is 1. The summed E-state index contributed by atoms with van der Waals surface area (Å²) in [6, 6.07) is 11.6. The van der Waals surface area contributed by atoms with E-state index in [-0.39, 0.29) is 11.8 Å². The summed E-state index contributed by atoms with van der Waals surface area (Å²) in [5.74, 6) is -0.478. The summed E-state index contributed by atoms with van der Waals surface area (Å²) in [5, 5.41) is 5.15. The van der Waals surface area contributed by atoms with Gasteiger partial charge < -0.3 is 15.0 Å². The number of benzene rings is 1. The Morgan fingerprint density at radius 1 is 1.03 bits per heavy atom. The van der Waals surface area contributed by atoms with E-state index in [1.54, 1.807) is 0 Å². The van der Waals surface area contributed by atoms with Crippen molar-refractivity contribution in [2.75, 3.05) is 63.7 Å². The van der Waals surface area contributed by atoms with Crippen molar-refractivity contribution < 1.29 is 14.3 Å². The van der Waals surface area contributed by atoms with Crippen LogP contribution in [-0.4, -0.2) is 75.1 Å². The smallest absolute Gasteiger partial charge is 0.278 e. The third kappa shape index (κ3) is 4.81. The van der Waals surface area contributed by atoms with Crippen LogP contribution in [0.5, 0.6) is 0 Å². The number of thiophene rings is 1. The molecule has 164 valence electrons. The second-order valence-electron chi connectivity index (χ2n) is 7.86. The molecule has 0 aliphatic carbocycles. The molecule has 1 saturated heterocycles. The summed E-state index contributed by atoms with van der Waals surface area (Å²) in [7, 11) is 3.96. The number of anilines is 2. The fourth-order valence-corrected chi connectivity index (χ4v) is 4.58. The van der Waals surface area contributed by atoms with E-state index in [9.17, 15) is 9.59 Å². The lowest BCUT2D eigenvalue weighted by Crippen LogP contribution is -2.39. The Hall–Kier alpha value is -2.68. The molecule has 0 spiro atoms. The van der Waals surface area contributed by atoms with Gasteiger partial charge in [0.2, 0.25) is 0 Å². The maximum atomic E-state index is 13.2. The number of imide groups is 1. The lowest BCUT2D eigenvalue weighted by molar-refractivity contribution is -0.136. The number of amides is 2. The zero-order chi connectivity index (χ0) is 21.8. The van der Waals surface area contributed by atoms with E-state index in [0.29, 0.717) is 17.8 Å². The van der Waals surface area contributed by atoms with Crippen LogP contribution in [0.3, 0.4) is 0 Å². The molecule has 1 aromatic carbocycles. The van der Waals surface area contributed by atoms with Crippen molar-refractivity contribution >= 4 is 40.1 Å². The number of hydrogen-bond donors (Lipinski definition) is 1. The summed E-state index contributed by atoms with van der Waals surface area (Å²) in [6.45, 7) is 4.55. The molecule has 1 aromatic heterocycles. The van der Waals surface area contributed by atoms with Crippen molar-refractivity contribution in [2.24, 2.45) is 0 Å². The molecule has 0 radical (unpaired) electrons. The van der Waals surface area contributed by atoms with Gasteiger partial charge in [-0.25, -0.2) is 0 Å². The van der Waals surface area contributed by atoms with Gasteiger partial charge in [-0.05, 0) is 42.1 Å². The monoisotopic (exact) mass is 440 g/mol. The van der Waals surface area contributed by atoms with Gasteiger partial charge in [0, 0.05) is 56.5 Å². The van der Waals surface area contributed by atoms with E-state index in [1.165, 1.54) is 16.2 Å². The molecule has 4 rings (SSSR count). The van der Waals surface area contributed by atoms with Crippen molar-refractivity contribution in [2.45, 2.75) is 6.42 Å². The molecular formula is C23H28N4O3S. The van der Waals surface area contributed by atoms with Crippen molar-refractivity contribution in [3.8, 4) is 0 Å². The highest BCUT2D eigenvalue weighted by atomic mass is 32.1. The lowest BCUT2D eigenvalue weighted by Gasteiger charge is -2.27. The SMILES string of the molecule is CN(C)c1ccc(NC2=C(c3cccs3)C(=O)N(CCCN3CCOCC3)C2=O)cc1. The van der Waals surface area contributed by atoms with Gasteiger partial charge >= 0.3 is 0 Å². The number of hydrogen-bond acceptors (Lipinski definition) is 7. The van der Waals surface area contributed by atoms with Crippen LogP contribution in [0, 0.1) is 0 Å². The standard InChI is InChI=1S/C23H28N4O3S/c1-25(2)18-8-6-17(7-9-18)24-21-20(19-5-3-16-31-19)22(28)27(23(21)29)11-4-10-26-12-14-30-15-13-26/h3,5-9,16,24H,4,10-15H2,1-2H3. The van der Waals surface area contributed by atoms with Crippen LogP contribution in [0.1, 0.15) is 11.3 Å². The van der Waals surface area contributed by atoms with Crippen LogP contribution in [0.25, 0.3) is 5.57 Å². The van der Waals surface area contributed by atoms with Gasteiger partial charge in [-0.1, -0.05) is 6.07 Å². The fourth-order valence-electron chi connectivity index (χ4n) is 3.81. The summed E-state index contributed by atoms with van der Waals surface area (Å²) in [4.78, 5) is 33.0. The average Bonchev–Trinajstić information content (AvgIpc) is 3.38. The van der Waals surface area contributed by atoms with Crippen LogP contribution in [0.15, 0.2) is 47.5 Å². The van der Waals surface area contributed by atoms with E-state index in [4.69, 9.17) is 4.74 Å². The molecule has 0 bridgehead atoms. The van der Waals surface area contributed by atoms with Crippen molar-refractivity contribution in [1.29, 1.82) is 0 Å². The first-order valence-corrected chi connectivity index (χ1v) is 11.4. The molecular weight excluding hydrogens is 412 g/mol. The molecule has 1 fully saturated rings. The Bertz CT molecular complexity index is 948. The van der Waals surface area contributed by atoms with Gasteiger partial charge in [-0.3, -0.25) is 19.4 Å². The fraction of sp³-hybridized carbons (Fsp3) is 0.391. The lowest BCUT2D eigenvalue weighted by atomic mass is 10.2. The van der Waals surface area contributed by atoms with Crippen molar-refractivity contribution in [3.05, 3.63) is 52.4 Å². The predicted octanol–water partition coefficient (Wildman–Crippen LogP) is 2.73. The minimum absolute atomic E-state index is 0.221. The highest BCUT2D eigenvalue weighted by Crippen LogP contribution is 2.33. The molecule has 0 atom stereocenters. The third-order valence-corrected chi connectivity index (χ3v) is 6.44. The van der Waals surface area contributed by atoms with Crippen LogP contribution in [0.4, 0.5) is 11.4 Å². The molecule has 1 N–H and O–H groups in total. The number of rotatable bonds is 8. The Morgan fingerprint density at radius 2 is 1.77 bits per heavy atom. The minimum Gasteiger partial charge on any atom is -0.379 e. The van der Waals surface area contributed by atoms with Gasteiger partial charge in [0.1, 0.15) is 5.70 Å². The number of carbonyl (C=O) groups excluding carboxylic acids is 2. The highest BCUT2D eigenvalue weighted by molar-refractivity contribution is 7.11. The molecule has 2 aliphatic heterocycles. The molecule has 0 unspecified atom stereocenters. The zero-order valence-electron chi connectivity index (χ0n) is 18.0. The third-order valence-electron chi connectivity index (χ3n) is 5.55. The first-order chi connectivity index (χ1) is 15.0. The van der Waals surface area contributed by atoms with E-state index < -0.39 is 0 Å². The quantitative estimate of drug-likeness (QED) is 0.637. The normalized spacial score (nSPS) is 17.5. The molecule has 8 heteroatoms. The van der Waals surface area contributed by atoms with Crippen LogP contribution in [0.2, 0.25) is 0 Å². The molecule has 2 aliphatic rings. The Kier molecular flexibility index (Phi) is 6.70. The number of ether oxygens (including phenoxy) is 1. The van der Waals surface area contributed by atoms with E-state index in [2.05, 4.69) is 10.2 Å². The molecule has 2 amide bonds. The average molecular weight is 441 g/mol. The van der Waals surface area contributed by atoms with Crippen molar-refractivity contribution in [1.82, 2.24) is 9.80 Å². The Morgan fingerprint density at radius 3 is 2.42 bits per heavy atom. The van der Waals surface area contributed by atoms with Gasteiger partial charge in [0.05, 0.1) is 18.8 Å². The topological polar surface area (TPSA) is 65.1 Å². The molecule has 0 saturated carbocycles. The van der Waals surface area contributed by atoms with Crippen LogP contribution in [-0.2, 0) is 14.3 Å². The zero-order valence-corrected chi connectivity index (χ0v) is 18.8. The maximum Gasteiger partial charge on any atom is 0.278 e. The summed E-state index contributed by atoms with van der Waals surface area (Å²) < 4.78 is 5.38. The maximum absolute atomic E-state index is 13.2. The Labute approximate surface area is 186 Å². The van der Waals surface area contributed by atoms with E-state index in [0.717, 1.165) is 55.5 Å². The Balaban J connectivity index is 1.50. The molecule has 2 aromatic rings. The minimum atomic E-state index is -0.257. The number of nitrogens with zero attached hydrogens (tertiary/aromatic N) is 3. The first kappa shape index (κ1) is 21.5. The van der Waals surface area contributed by atoms with Crippen LogP contribution < -0.4 is 10.2 Å². The molecule has 7 nitrogen and oxygen atoms in total. The predicted molar refractivity (Wildman–Crippen MR) is 124 cm³/mol. The second kappa shape index (κ2) is 9.64. The summed E-state index contributed by atoms with van der Waals surface area (Å²) in [5.41, 5.74) is 2.67. The number of morpholine rings is 1. The van der Waals surface area contributed by atoms with Crippen LogP contribution >= 0.6 is 11.3 Å². The van der Waals surface area contributed by atoms with Gasteiger partial charge in [0.25, 0.3) is 11.8 Å².